The Bertz CT molecular complexity index is 622. The van der Waals surface area contributed by atoms with Gasteiger partial charge in [-0.1, -0.05) is 24.9 Å². The molecule has 1 fully saturated rings. The molecule has 0 radical (unpaired) electrons. The first-order valence-electron chi connectivity index (χ1n) is 7.01. The fourth-order valence-electron chi connectivity index (χ4n) is 2.78. The van der Waals surface area contributed by atoms with Crippen molar-refractivity contribution < 1.29 is 12.8 Å². The van der Waals surface area contributed by atoms with Crippen molar-refractivity contribution >= 4 is 21.6 Å². The molecule has 1 aliphatic carbocycles. The van der Waals surface area contributed by atoms with Gasteiger partial charge in [0.15, 0.2) is 0 Å². The van der Waals surface area contributed by atoms with Gasteiger partial charge in [-0.2, -0.15) is 0 Å². The zero-order chi connectivity index (χ0) is 15.6. The molecular weight excluding hydrogens is 315 g/mol. The third-order valence-corrected chi connectivity index (χ3v) is 5.60. The van der Waals surface area contributed by atoms with Crippen molar-refractivity contribution in [2.75, 3.05) is 6.54 Å². The molecule has 1 aromatic carbocycles. The van der Waals surface area contributed by atoms with Crippen LogP contribution < -0.4 is 10.5 Å². The smallest absolute Gasteiger partial charge is 0.243 e. The summed E-state index contributed by atoms with van der Waals surface area (Å²) in [6.45, 7) is 2.38. The van der Waals surface area contributed by atoms with Crippen molar-refractivity contribution in [2.45, 2.75) is 37.6 Å². The molecule has 0 saturated heterocycles. The van der Waals surface area contributed by atoms with Crippen LogP contribution in [-0.2, 0) is 16.6 Å². The number of hydrogen-bond donors (Lipinski definition) is 2. The monoisotopic (exact) mass is 334 g/mol. The summed E-state index contributed by atoms with van der Waals surface area (Å²) < 4.78 is 41.2. The molecule has 2 unspecified atom stereocenters. The van der Waals surface area contributed by atoms with E-state index < -0.39 is 20.7 Å². The fraction of sp³-hybridized carbons (Fsp3) is 0.571. The first-order chi connectivity index (χ1) is 9.83. The van der Waals surface area contributed by atoms with Gasteiger partial charge in [-0.25, -0.2) is 17.5 Å². The highest BCUT2D eigenvalue weighted by atomic mass is 35.5. The Hall–Kier alpha value is -0.690. The first-order valence-corrected chi connectivity index (χ1v) is 8.87. The van der Waals surface area contributed by atoms with Crippen molar-refractivity contribution in [3.05, 3.63) is 28.5 Å². The molecule has 4 nitrogen and oxygen atoms in total. The average Bonchev–Trinajstić information content (AvgIpc) is 2.84. The van der Waals surface area contributed by atoms with Crippen LogP contribution in [0.15, 0.2) is 17.0 Å². The van der Waals surface area contributed by atoms with Crippen LogP contribution in [0.1, 0.15) is 31.7 Å². The summed E-state index contributed by atoms with van der Waals surface area (Å²) in [5.74, 6) is 0.103. The number of halogens is 2. The van der Waals surface area contributed by atoms with E-state index in [0.29, 0.717) is 18.4 Å². The van der Waals surface area contributed by atoms with Crippen LogP contribution in [0.3, 0.4) is 0 Å². The van der Waals surface area contributed by atoms with Crippen LogP contribution in [0.25, 0.3) is 0 Å². The molecule has 0 aromatic heterocycles. The van der Waals surface area contributed by atoms with Crippen molar-refractivity contribution in [1.82, 2.24) is 4.72 Å². The molecular formula is C14H20ClFN2O2S. The second-order valence-corrected chi connectivity index (χ2v) is 7.89. The summed E-state index contributed by atoms with van der Waals surface area (Å²) >= 11 is 5.84. The van der Waals surface area contributed by atoms with E-state index in [0.717, 1.165) is 25.3 Å². The van der Waals surface area contributed by atoms with Crippen LogP contribution in [0.4, 0.5) is 4.39 Å². The van der Waals surface area contributed by atoms with Gasteiger partial charge < -0.3 is 5.73 Å². The Labute approximate surface area is 129 Å². The van der Waals surface area contributed by atoms with Gasteiger partial charge in [0.1, 0.15) is 10.7 Å². The molecule has 1 aromatic rings. The second kappa shape index (κ2) is 6.60. The fourth-order valence-corrected chi connectivity index (χ4v) is 4.34. The number of nitrogens with two attached hydrogens (primary N) is 1. The largest absolute Gasteiger partial charge is 0.326 e. The summed E-state index contributed by atoms with van der Waals surface area (Å²) in [6.07, 6.45) is 3.10. The SMILES string of the molecule is CC1CCC(CNS(=O)(=O)c2cc(Cl)cc(CN)c2F)C1. The lowest BCUT2D eigenvalue weighted by Crippen LogP contribution is -2.29. The van der Waals surface area contributed by atoms with Crippen LogP contribution in [0, 0.1) is 17.7 Å². The molecule has 0 bridgehead atoms. The molecule has 1 saturated carbocycles. The van der Waals surface area contributed by atoms with Crippen LogP contribution >= 0.6 is 11.6 Å². The summed E-state index contributed by atoms with van der Waals surface area (Å²) in [7, 11) is -3.92. The first kappa shape index (κ1) is 16.7. The molecule has 21 heavy (non-hydrogen) atoms. The van der Waals surface area contributed by atoms with Crippen molar-refractivity contribution in [2.24, 2.45) is 17.6 Å². The maximum absolute atomic E-state index is 14.2. The zero-order valence-corrected chi connectivity index (χ0v) is 13.5. The number of nitrogens with one attached hydrogen (secondary N) is 1. The summed E-state index contributed by atoms with van der Waals surface area (Å²) in [6, 6.07) is 2.46. The zero-order valence-electron chi connectivity index (χ0n) is 11.9. The van der Waals surface area contributed by atoms with Gasteiger partial charge in [0.2, 0.25) is 10.0 Å². The second-order valence-electron chi connectivity index (χ2n) is 5.72. The quantitative estimate of drug-likeness (QED) is 0.869. The molecule has 2 atom stereocenters. The summed E-state index contributed by atoms with van der Waals surface area (Å²) in [5, 5.41) is 0.159. The average molecular weight is 335 g/mol. The highest BCUT2D eigenvalue weighted by Gasteiger charge is 2.26. The van der Waals surface area contributed by atoms with Crippen molar-refractivity contribution in [3.63, 3.8) is 0 Å². The van der Waals surface area contributed by atoms with E-state index in [2.05, 4.69) is 11.6 Å². The molecule has 2 rings (SSSR count). The van der Waals surface area contributed by atoms with E-state index >= 15 is 0 Å². The molecule has 0 heterocycles. The van der Waals surface area contributed by atoms with Gasteiger partial charge in [-0.3, -0.25) is 0 Å². The van der Waals surface area contributed by atoms with Crippen molar-refractivity contribution in [1.29, 1.82) is 0 Å². The predicted molar refractivity (Wildman–Crippen MR) is 81.0 cm³/mol. The standard InChI is InChI=1S/C14H20ClFN2O2S/c1-9-2-3-10(4-9)8-18-21(19,20)13-6-12(15)5-11(7-17)14(13)16/h5-6,9-10,18H,2-4,7-8,17H2,1H3. The van der Waals surface area contributed by atoms with E-state index in [9.17, 15) is 12.8 Å². The Morgan fingerprint density at radius 2 is 2.14 bits per heavy atom. The maximum atomic E-state index is 14.2. The third kappa shape index (κ3) is 3.94. The highest BCUT2D eigenvalue weighted by molar-refractivity contribution is 7.89. The Morgan fingerprint density at radius 1 is 1.43 bits per heavy atom. The van der Waals surface area contributed by atoms with Crippen molar-refractivity contribution in [3.8, 4) is 0 Å². The minimum atomic E-state index is -3.92. The maximum Gasteiger partial charge on any atom is 0.243 e. The Kier molecular flexibility index (Phi) is 5.24. The molecule has 0 aliphatic heterocycles. The van der Waals surface area contributed by atoms with E-state index in [-0.39, 0.29) is 17.1 Å². The Morgan fingerprint density at radius 3 is 2.71 bits per heavy atom. The van der Waals surface area contributed by atoms with Gasteiger partial charge in [-0.15, -0.1) is 0 Å². The van der Waals surface area contributed by atoms with Gasteiger partial charge in [0, 0.05) is 23.7 Å². The molecule has 0 spiro atoms. The highest BCUT2D eigenvalue weighted by Crippen LogP contribution is 2.30. The molecule has 3 N–H and O–H groups in total. The van der Waals surface area contributed by atoms with Gasteiger partial charge in [0.25, 0.3) is 0 Å². The van der Waals surface area contributed by atoms with Crippen LogP contribution in [0.2, 0.25) is 5.02 Å². The number of sulfonamides is 1. The molecule has 118 valence electrons. The number of benzene rings is 1. The molecule has 1 aliphatic rings. The molecule has 7 heteroatoms. The van der Waals surface area contributed by atoms with Gasteiger partial charge in [0.05, 0.1) is 0 Å². The lowest BCUT2D eigenvalue weighted by Gasteiger charge is -2.13. The topological polar surface area (TPSA) is 72.2 Å². The molecule has 0 amide bonds. The number of hydrogen-bond acceptors (Lipinski definition) is 3. The lowest BCUT2D eigenvalue weighted by atomic mass is 10.1. The predicted octanol–water partition coefficient (Wildman–Crippen LogP) is 2.65. The number of rotatable bonds is 5. The minimum Gasteiger partial charge on any atom is -0.326 e. The van der Waals surface area contributed by atoms with Gasteiger partial charge in [-0.05, 0) is 36.8 Å². The van der Waals surface area contributed by atoms with Crippen LogP contribution in [-0.4, -0.2) is 15.0 Å². The lowest BCUT2D eigenvalue weighted by molar-refractivity contribution is 0.495. The summed E-state index contributed by atoms with van der Waals surface area (Å²) in [4.78, 5) is -0.429. The van der Waals surface area contributed by atoms with Gasteiger partial charge >= 0.3 is 0 Å². The minimum absolute atomic E-state index is 0.0948. The van der Waals surface area contributed by atoms with E-state index in [4.69, 9.17) is 17.3 Å². The summed E-state index contributed by atoms with van der Waals surface area (Å²) in [5.41, 5.74) is 5.50. The van der Waals surface area contributed by atoms with E-state index in [1.54, 1.807) is 0 Å². The van der Waals surface area contributed by atoms with Crippen LogP contribution in [0.5, 0.6) is 0 Å². The van der Waals surface area contributed by atoms with E-state index in [1.807, 2.05) is 0 Å². The normalized spacial score (nSPS) is 22.7. The van der Waals surface area contributed by atoms with E-state index in [1.165, 1.54) is 6.07 Å². The third-order valence-electron chi connectivity index (χ3n) is 3.95. The Balaban J connectivity index is 2.17.